The minimum atomic E-state index is -2.78. The van der Waals surface area contributed by atoms with Gasteiger partial charge in [0.15, 0.2) is 5.65 Å². The highest BCUT2D eigenvalue weighted by Gasteiger charge is 2.39. The van der Waals surface area contributed by atoms with Gasteiger partial charge in [-0.3, -0.25) is 4.79 Å². The number of piperidine rings is 1. The van der Waals surface area contributed by atoms with E-state index in [1.807, 2.05) is 0 Å². The molecule has 2 bridgehead atoms. The van der Waals surface area contributed by atoms with E-state index in [4.69, 9.17) is 4.74 Å². The fraction of sp³-hybridized carbons (Fsp3) is 0.435. The van der Waals surface area contributed by atoms with Gasteiger partial charge in [-0.05, 0) is 50.9 Å². The molecule has 32 heavy (non-hydrogen) atoms. The summed E-state index contributed by atoms with van der Waals surface area (Å²) in [6.45, 7) is 0. The number of para-hydroxylation sites is 1. The van der Waals surface area contributed by atoms with Crippen molar-refractivity contribution in [1.29, 1.82) is 0 Å². The first-order valence-electron chi connectivity index (χ1n) is 10.8. The van der Waals surface area contributed by atoms with E-state index in [9.17, 15) is 13.6 Å². The van der Waals surface area contributed by atoms with Gasteiger partial charge >= 0.3 is 0 Å². The summed E-state index contributed by atoms with van der Waals surface area (Å²) in [6, 6.07) is 9.36. The van der Waals surface area contributed by atoms with E-state index >= 15 is 0 Å². The van der Waals surface area contributed by atoms with Gasteiger partial charge in [0.2, 0.25) is 0 Å². The Morgan fingerprint density at radius 2 is 1.94 bits per heavy atom. The van der Waals surface area contributed by atoms with Gasteiger partial charge in [-0.1, -0.05) is 12.1 Å². The number of ether oxygens (including phenoxy) is 1. The Morgan fingerprint density at radius 3 is 2.62 bits per heavy atom. The lowest BCUT2D eigenvalue weighted by Gasteiger charge is -2.36. The van der Waals surface area contributed by atoms with Crippen LogP contribution in [0.3, 0.4) is 0 Å². The molecule has 4 heterocycles. The number of carbonyl (C=O) groups is 1. The summed E-state index contributed by atoms with van der Waals surface area (Å²) in [5.74, 6) is 0.177. The van der Waals surface area contributed by atoms with Crippen molar-refractivity contribution in [3.05, 3.63) is 47.8 Å². The van der Waals surface area contributed by atoms with Crippen molar-refractivity contribution in [3.63, 3.8) is 0 Å². The van der Waals surface area contributed by atoms with Crippen molar-refractivity contribution in [1.82, 2.24) is 24.8 Å². The smallest absolute Gasteiger partial charge is 0.280 e. The minimum absolute atomic E-state index is 0.0538. The number of alkyl halides is 2. The molecule has 2 aliphatic heterocycles. The number of benzene rings is 1. The predicted molar refractivity (Wildman–Crippen MR) is 115 cm³/mol. The number of fused-ring (bicyclic) bond motifs is 3. The largest absolute Gasteiger partial charge is 0.496 e. The number of carbonyl (C=O) groups excluding carboxylic acids is 1. The highest BCUT2D eigenvalue weighted by atomic mass is 19.3. The molecule has 0 aliphatic carbocycles. The molecule has 1 unspecified atom stereocenters. The molecule has 1 N–H and O–H groups in total. The predicted octanol–water partition coefficient (Wildman–Crippen LogP) is 3.70. The van der Waals surface area contributed by atoms with E-state index in [0.29, 0.717) is 29.1 Å². The zero-order chi connectivity index (χ0) is 22.4. The topological polar surface area (TPSA) is 71.8 Å². The van der Waals surface area contributed by atoms with Crippen LogP contribution in [-0.4, -0.2) is 57.7 Å². The van der Waals surface area contributed by atoms with Crippen molar-refractivity contribution in [2.24, 2.45) is 0 Å². The van der Waals surface area contributed by atoms with E-state index in [-0.39, 0.29) is 28.9 Å². The highest BCUT2D eigenvalue weighted by Crippen LogP contribution is 2.35. The summed E-state index contributed by atoms with van der Waals surface area (Å²) in [4.78, 5) is 20.1. The number of amides is 1. The number of nitrogens with one attached hydrogen (secondary N) is 1. The first-order chi connectivity index (χ1) is 15.5. The van der Waals surface area contributed by atoms with Gasteiger partial charge in [0.05, 0.1) is 19.0 Å². The van der Waals surface area contributed by atoms with Crippen LogP contribution < -0.4 is 10.1 Å². The van der Waals surface area contributed by atoms with Gasteiger partial charge in [0.1, 0.15) is 17.0 Å². The summed E-state index contributed by atoms with van der Waals surface area (Å²) in [5.41, 5.74) is 0.843. The maximum atomic E-state index is 13.9. The molecule has 9 heteroatoms. The standard InChI is InChI=1S/C23H25F2N5O2/c1-29-14-7-8-15(29)10-13(9-14)27-23(31)17-12-26-30-19(21(24)25)11-18(28-22(17)30)16-5-3-4-6-20(16)32-2/h3-6,11-15,21H,7-10H2,1-2H3,(H,27,31)/t13?,14-,15+. The third kappa shape index (κ3) is 3.50. The molecule has 7 nitrogen and oxygen atoms in total. The van der Waals surface area contributed by atoms with E-state index in [1.54, 1.807) is 24.3 Å². The maximum Gasteiger partial charge on any atom is 0.280 e. The number of nitrogens with zero attached hydrogens (tertiary/aromatic N) is 4. The van der Waals surface area contributed by atoms with Gasteiger partial charge < -0.3 is 15.0 Å². The monoisotopic (exact) mass is 441 g/mol. The third-order valence-electron chi connectivity index (χ3n) is 6.78. The Morgan fingerprint density at radius 1 is 1.22 bits per heavy atom. The second-order valence-corrected chi connectivity index (χ2v) is 8.55. The molecule has 2 aromatic heterocycles. The zero-order valence-corrected chi connectivity index (χ0v) is 18.0. The first kappa shape index (κ1) is 20.8. The molecule has 3 atom stereocenters. The Bertz CT molecular complexity index is 1150. The van der Waals surface area contributed by atoms with Crippen molar-refractivity contribution in [2.75, 3.05) is 14.2 Å². The molecule has 2 fully saturated rings. The molecule has 3 aromatic rings. The Labute approximate surface area is 184 Å². The Kier molecular flexibility index (Phi) is 5.28. The quantitative estimate of drug-likeness (QED) is 0.654. The van der Waals surface area contributed by atoms with Crippen molar-refractivity contribution >= 4 is 11.6 Å². The average molecular weight is 441 g/mol. The van der Waals surface area contributed by atoms with E-state index in [2.05, 4.69) is 27.3 Å². The maximum absolute atomic E-state index is 13.9. The number of methoxy groups -OCH3 is 1. The summed E-state index contributed by atoms with van der Waals surface area (Å²) in [6.07, 6.45) is 2.60. The molecule has 0 radical (unpaired) electrons. The SMILES string of the molecule is COc1ccccc1-c1cc(C(F)F)n2ncc(C(=O)NC3C[C@H]4CC[C@@H](C3)N4C)c2n1. The van der Waals surface area contributed by atoms with Gasteiger partial charge in [0.25, 0.3) is 12.3 Å². The van der Waals surface area contributed by atoms with E-state index in [1.165, 1.54) is 19.4 Å². The molecular weight excluding hydrogens is 416 g/mol. The van der Waals surface area contributed by atoms with Crippen LogP contribution in [0.5, 0.6) is 5.75 Å². The molecular formula is C23H25F2N5O2. The van der Waals surface area contributed by atoms with Crippen LogP contribution in [0.4, 0.5) is 8.78 Å². The lowest BCUT2D eigenvalue weighted by Crippen LogP contribution is -2.48. The Balaban J connectivity index is 1.51. The second-order valence-electron chi connectivity index (χ2n) is 8.55. The van der Waals surface area contributed by atoms with Crippen molar-refractivity contribution in [2.45, 2.75) is 50.2 Å². The molecule has 1 aromatic carbocycles. The molecule has 2 aliphatic rings. The second kappa shape index (κ2) is 8.12. The molecule has 168 valence electrons. The molecule has 0 saturated carbocycles. The third-order valence-corrected chi connectivity index (χ3v) is 6.78. The van der Waals surface area contributed by atoms with Crippen LogP contribution in [-0.2, 0) is 0 Å². The van der Waals surface area contributed by atoms with E-state index < -0.39 is 6.43 Å². The zero-order valence-electron chi connectivity index (χ0n) is 18.0. The molecule has 5 rings (SSSR count). The average Bonchev–Trinajstić information content (AvgIpc) is 3.29. The van der Waals surface area contributed by atoms with Crippen LogP contribution >= 0.6 is 0 Å². The number of hydrogen-bond donors (Lipinski definition) is 1. The molecule has 0 spiro atoms. The van der Waals surface area contributed by atoms with E-state index in [0.717, 1.165) is 30.2 Å². The lowest BCUT2D eigenvalue weighted by molar-refractivity contribution is 0.0883. The van der Waals surface area contributed by atoms with Gasteiger partial charge in [-0.2, -0.15) is 5.10 Å². The van der Waals surface area contributed by atoms with Gasteiger partial charge in [-0.25, -0.2) is 18.3 Å². The number of halogens is 2. The van der Waals surface area contributed by atoms with Crippen LogP contribution in [0.25, 0.3) is 16.9 Å². The summed E-state index contributed by atoms with van der Waals surface area (Å²) in [5, 5.41) is 7.15. The summed E-state index contributed by atoms with van der Waals surface area (Å²) in [7, 11) is 3.65. The summed E-state index contributed by atoms with van der Waals surface area (Å²) >= 11 is 0. The normalized spacial score (nSPS) is 23.1. The van der Waals surface area contributed by atoms with Crippen LogP contribution in [0.15, 0.2) is 36.5 Å². The lowest BCUT2D eigenvalue weighted by atomic mass is 9.98. The summed E-state index contributed by atoms with van der Waals surface area (Å²) < 4.78 is 34.2. The first-order valence-corrected chi connectivity index (χ1v) is 10.8. The number of hydrogen-bond acceptors (Lipinski definition) is 5. The number of aromatic nitrogens is 3. The Hall–Kier alpha value is -3.07. The van der Waals surface area contributed by atoms with Crippen LogP contribution in [0.2, 0.25) is 0 Å². The molecule has 1 amide bonds. The van der Waals surface area contributed by atoms with Gasteiger partial charge in [0, 0.05) is 23.7 Å². The minimum Gasteiger partial charge on any atom is -0.496 e. The van der Waals surface area contributed by atoms with Crippen LogP contribution in [0, 0.1) is 0 Å². The van der Waals surface area contributed by atoms with Crippen molar-refractivity contribution in [3.8, 4) is 17.0 Å². The van der Waals surface area contributed by atoms with Crippen molar-refractivity contribution < 1.29 is 18.3 Å². The fourth-order valence-corrected chi connectivity index (χ4v) is 5.09. The molecule has 2 saturated heterocycles. The highest BCUT2D eigenvalue weighted by molar-refractivity contribution is 6.00. The fourth-order valence-electron chi connectivity index (χ4n) is 5.09. The van der Waals surface area contributed by atoms with Crippen LogP contribution in [0.1, 0.15) is 48.2 Å². The van der Waals surface area contributed by atoms with Gasteiger partial charge in [-0.15, -0.1) is 0 Å². The number of rotatable bonds is 5.